The van der Waals surface area contributed by atoms with Crippen LogP contribution in [0.1, 0.15) is 11.3 Å². The van der Waals surface area contributed by atoms with Crippen molar-refractivity contribution in [2.75, 3.05) is 0 Å². The minimum Gasteiger partial charge on any atom is -0.449 e. The van der Waals surface area contributed by atoms with Crippen LogP contribution < -0.4 is 4.74 Å². The van der Waals surface area contributed by atoms with Gasteiger partial charge < -0.3 is 9.84 Å². The van der Waals surface area contributed by atoms with E-state index in [9.17, 15) is 4.79 Å². The molecule has 1 aromatic carbocycles. The zero-order valence-electron chi connectivity index (χ0n) is 9.04. The molecule has 2 aromatic rings. The highest BCUT2D eigenvalue weighted by Gasteiger charge is 2.07. The van der Waals surface area contributed by atoms with Crippen molar-refractivity contribution in [1.29, 1.82) is 0 Å². The summed E-state index contributed by atoms with van der Waals surface area (Å²) < 4.78 is 4.71. The van der Waals surface area contributed by atoms with Crippen molar-refractivity contribution in [3.05, 3.63) is 59.9 Å². The fraction of sp³-hybridized carbons (Fsp3) is 0.0769. The molecule has 0 bridgehead atoms. The summed E-state index contributed by atoms with van der Waals surface area (Å²) in [5, 5.41) is 8.62. The molecule has 0 radical (unpaired) electrons. The lowest BCUT2D eigenvalue weighted by atomic mass is 10.1. The normalized spacial score (nSPS) is 9.88. The molecule has 17 heavy (non-hydrogen) atoms. The Morgan fingerprint density at radius 3 is 2.65 bits per heavy atom. The lowest BCUT2D eigenvalue weighted by Gasteiger charge is -2.07. The minimum absolute atomic E-state index is 0.352. The maximum absolute atomic E-state index is 10.5. The van der Waals surface area contributed by atoms with Gasteiger partial charge in [-0.25, -0.2) is 4.79 Å². The second-order valence-electron chi connectivity index (χ2n) is 3.47. The van der Waals surface area contributed by atoms with Crippen molar-refractivity contribution < 1.29 is 14.6 Å². The van der Waals surface area contributed by atoms with E-state index in [0.29, 0.717) is 12.2 Å². The van der Waals surface area contributed by atoms with Crippen LogP contribution in [0.2, 0.25) is 0 Å². The smallest absolute Gasteiger partial charge is 0.449 e. The van der Waals surface area contributed by atoms with Gasteiger partial charge in [0.15, 0.2) is 0 Å². The van der Waals surface area contributed by atoms with E-state index in [1.54, 1.807) is 18.3 Å². The number of pyridine rings is 1. The lowest BCUT2D eigenvalue weighted by Crippen LogP contribution is -2.05. The Kier molecular flexibility index (Phi) is 3.35. The highest BCUT2D eigenvalue weighted by molar-refractivity contribution is 5.62. The average molecular weight is 229 g/mol. The number of nitrogens with zero attached hydrogens (tertiary/aromatic N) is 1. The van der Waals surface area contributed by atoms with Crippen molar-refractivity contribution in [3.8, 4) is 5.75 Å². The van der Waals surface area contributed by atoms with E-state index in [2.05, 4.69) is 4.98 Å². The van der Waals surface area contributed by atoms with Gasteiger partial charge in [0.1, 0.15) is 5.75 Å². The summed E-state index contributed by atoms with van der Waals surface area (Å²) in [5.41, 5.74) is 1.67. The van der Waals surface area contributed by atoms with Gasteiger partial charge in [-0.15, -0.1) is 0 Å². The van der Waals surface area contributed by atoms with Crippen LogP contribution in [0.5, 0.6) is 5.75 Å². The van der Waals surface area contributed by atoms with Crippen molar-refractivity contribution >= 4 is 6.16 Å². The average Bonchev–Trinajstić information content (AvgIpc) is 2.32. The van der Waals surface area contributed by atoms with E-state index in [1.807, 2.05) is 30.3 Å². The zero-order chi connectivity index (χ0) is 12.1. The second-order valence-corrected chi connectivity index (χ2v) is 3.47. The van der Waals surface area contributed by atoms with Gasteiger partial charge in [-0.05, 0) is 18.2 Å². The molecule has 0 saturated heterocycles. The molecule has 0 aliphatic rings. The SMILES string of the molecule is O=C(O)Oc1ccccc1Cc1ccccn1. The highest BCUT2D eigenvalue weighted by Crippen LogP contribution is 2.20. The number of aromatic nitrogens is 1. The quantitative estimate of drug-likeness (QED) is 0.649. The second kappa shape index (κ2) is 5.12. The van der Waals surface area contributed by atoms with Gasteiger partial charge in [0.2, 0.25) is 0 Å². The van der Waals surface area contributed by atoms with Crippen LogP contribution in [0.3, 0.4) is 0 Å². The van der Waals surface area contributed by atoms with Crippen LogP contribution in [0.4, 0.5) is 4.79 Å². The predicted octanol–water partition coefficient (Wildman–Crippen LogP) is 2.73. The molecule has 0 atom stereocenters. The number of benzene rings is 1. The number of ether oxygens (including phenoxy) is 1. The monoisotopic (exact) mass is 229 g/mol. The lowest BCUT2D eigenvalue weighted by molar-refractivity contribution is 0.144. The van der Waals surface area contributed by atoms with Crippen molar-refractivity contribution in [1.82, 2.24) is 4.98 Å². The van der Waals surface area contributed by atoms with Gasteiger partial charge in [-0.1, -0.05) is 24.3 Å². The first-order chi connectivity index (χ1) is 8.25. The maximum Gasteiger partial charge on any atom is 0.511 e. The number of hydrogen-bond donors (Lipinski definition) is 1. The maximum atomic E-state index is 10.5. The summed E-state index contributed by atoms with van der Waals surface area (Å²) in [7, 11) is 0. The molecule has 86 valence electrons. The molecule has 0 saturated carbocycles. The molecular formula is C13H11NO3. The predicted molar refractivity (Wildman–Crippen MR) is 62.1 cm³/mol. The highest BCUT2D eigenvalue weighted by atomic mass is 16.7. The van der Waals surface area contributed by atoms with Crippen molar-refractivity contribution in [3.63, 3.8) is 0 Å². The molecule has 4 nitrogen and oxygen atoms in total. The van der Waals surface area contributed by atoms with Crippen LogP contribution in [0.15, 0.2) is 48.7 Å². The van der Waals surface area contributed by atoms with Crippen molar-refractivity contribution in [2.24, 2.45) is 0 Å². The van der Waals surface area contributed by atoms with E-state index < -0.39 is 6.16 Å². The Balaban J connectivity index is 2.23. The largest absolute Gasteiger partial charge is 0.511 e. The van der Waals surface area contributed by atoms with Gasteiger partial charge in [-0.3, -0.25) is 4.98 Å². The molecule has 4 heteroatoms. The number of hydrogen-bond acceptors (Lipinski definition) is 3. The van der Waals surface area contributed by atoms with Crippen LogP contribution in [-0.4, -0.2) is 16.2 Å². The van der Waals surface area contributed by atoms with Gasteiger partial charge in [-0.2, -0.15) is 0 Å². The molecule has 0 unspecified atom stereocenters. The molecule has 1 aromatic heterocycles. The standard InChI is InChI=1S/C13H11NO3/c15-13(16)17-12-7-2-1-5-10(12)9-11-6-3-4-8-14-11/h1-8H,9H2,(H,15,16). The number of rotatable bonds is 3. The molecule has 0 aliphatic carbocycles. The summed E-state index contributed by atoms with van der Waals surface area (Å²) in [6, 6.07) is 12.6. The van der Waals surface area contributed by atoms with Crippen LogP contribution >= 0.6 is 0 Å². The Morgan fingerprint density at radius 2 is 1.94 bits per heavy atom. The summed E-state index contributed by atoms with van der Waals surface area (Å²) in [6.07, 6.45) is 0.943. The van der Waals surface area contributed by atoms with Gasteiger partial charge >= 0.3 is 6.16 Å². The topological polar surface area (TPSA) is 59.4 Å². The molecule has 0 spiro atoms. The first-order valence-corrected chi connectivity index (χ1v) is 5.14. The summed E-state index contributed by atoms with van der Waals surface area (Å²) in [5.74, 6) is 0.352. The summed E-state index contributed by atoms with van der Waals surface area (Å²) >= 11 is 0. The first-order valence-electron chi connectivity index (χ1n) is 5.14. The first kappa shape index (κ1) is 11.1. The minimum atomic E-state index is -1.31. The molecular weight excluding hydrogens is 218 g/mol. The van der Waals surface area contributed by atoms with Gasteiger partial charge in [0, 0.05) is 23.9 Å². The Bertz CT molecular complexity index is 511. The van der Waals surface area contributed by atoms with Crippen molar-refractivity contribution in [2.45, 2.75) is 6.42 Å². The van der Waals surface area contributed by atoms with E-state index in [1.165, 1.54) is 0 Å². The zero-order valence-corrected chi connectivity index (χ0v) is 9.04. The third-order valence-electron chi connectivity index (χ3n) is 2.27. The molecule has 2 rings (SSSR count). The molecule has 0 fully saturated rings. The molecule has 1 N–H and O–H groups in total. The fourth-order valence-corrected chi connectivity index (χ4v) is 1.54. The Labute approximate surface area is 98.5 Å². The molecule has 0 amide bonds. The summed E-state index contributed by atoms with van der Waals surface area (Å²) in [6.45, 7) is 0. The molecule has 1 heterocycles. The van der Waals surface area contributed by atoms with Crippen LogP contribution in [0, 0.1) is 0 Å². The van der Waals surface area contributed by atoms with Gasteiger partial charge in [0.05, 0.1) is 0 Å². The van der Waals surface area contributed by atoms with E-state index in [4.69, 9.17) is 9.84 Å². The van der Waals surface area contributed by atoms with E-state index >= 15 is 0 Å². The van der Waals surface area contributed by atoms with E-state index in [0.717, 1.165) is 11.3 Å². The van der Waals surface area contributed by atoms with Crippen LogP contribution in [0.25, 0.3) is 0 Å². The third-order valence-corrected chi connectivity index (χ3v) is 2.27. The van der Waals surface area contributed by atoms with Gasteiger partial charge in [0.25, 0.3) is 0 Å². The fourth-order valence-electron chi connectivity index (χ4n) is 1.54. The van der Waals surface area contributed by atoms with E-state index in [-0.39, 0.29) is 0 Å². The molecule has 0 aliphatic heterocycles. The number of carboxylic acid groups (broad SMARTS) is 1. The van der Waals surface area contributed by atoms with Crippen LogP contribution in [-0.2, 0) is 6.42 Å². The number of carbonyl (C=O) groups is 1. The Hall–Kier alpha value is -2.36. The third kappa shape index (κ3) is 3.04. The number of para-hydroxylation sites is 1. The Morgan fingerprint density at radius 1 is 1.18 bits per heavy atom. The summed E-state index contributed by atoms with van der Waals surface area (Å²) in [4.78, 5) is 14.7.